The standard InChI is InChI=1S/C22H18N2O3S/c1-15-20(28-22(24-15)19-8-5-13-26-19)14-23-21(25)16-9-11-18(12-10-16)27-17-6-3-2-4-7-17/h2-13H,14H2,1H3,(H,23,25). The highest BCUT2D eigenvalue weighted by atomic mass is 32.1. The Morgan fingerprint density at radius 3 is 2.50 bits per heavy atom. The molecule has 28 heavy (non-hydrogen) atoms. The van der Waals surface area contributed by atoms with Gasteiger partial charge in [0.25, 0.3) is 5.91 Å². The number of ether oxygens (including phenoxy) is 1. The predicted molar refractivity (Wildman–Crippen MR) is 109 cm³/mol. The van der Waals surface area contributed by atoms with E-state index in [2.05, 4.69) is 10.3 Å². The molecule has 0 unspecified atom stereocenters. The van der Waals surface area contributed by atoms with Gasteiger partial charge < -0.3 is 14.5 Å². The lowest BCUT2D eigenvalue weighted by Gasteiger charge is -2.07. The monoisotopic (exact) mass is 390 g/mol. The fourth-order valence-electron chi connectivity index (χ4n) is 2.66. The summed E-state index contributed by atoms with van der Waals surface area (Å²) in [7, 11) is 0. The number of aryl methyl sites for hydroxylation is 1. The van der Waals surface area contributed by atoms with Crippen molar-refractivity contribution in [3.05, 3.63) is 89.1 Å². The molecule has 0 atom stereocenters. The van der Waals surface area contributed by atoms with E-state index < -0.39 is 0 Å². The molecule has 0 saturated carbocycles. The van der Waals surface area contributed by atoms with E-state index in [1.807, 2.05) is 49.4 Å². The zero-order valence-corrected chi connectivity index (χ0v) is 16.0. The summed E-state index contributed by atoms with van der Waals surface area (Å²) >= 11 is 1.52. The molecule has 4 rings (SSSR count). The topological polar surface area (TPSA) is 64.4 Å². The molecule has 0 spiro atoms. The van der Waals surface area contributed by atoms with Crippen molar-refractivity contribution in [3.8, 4) is 22.3 Å². The number of carbonyl (C=O) groups excluding carboxylic acids is 1. The molecule has 0 aliphatic carbocycles. The average molecular weight is 390 g/mol. The maximum absolute atomic E-state index is 12.4. The molecule has 0 bridgehead atoms. The second-order valence-corrected chi connectivity index (χ2v) is 7.21. The molecule has 1 amide bonds. The number of rotatable bonds is 6. The third-order valence-electron chi connectivity index (χ3n) is 4.13. The number of aromatic nitrogens is 1. The van der Waals surface area contributed by atoms with Gasteiger partial charge in [-0.15, -0.1) is 11.3 Å². The number of para-hydroxylation sites is 1. The average Bonchev–Trinajstić information content (AvgIpc) is 3.37. The zero-order valence-electron chi connectivity index (χ0n) is 15.2. The first-order chi connectivity index (χ1) is 13.7. The summed E-state index contributed by atoms with van der Waals surface area (Å²) in [6.45, 7) is 2.35. The largest absolute Gasteiger partial charge is 0.462 e. The molecule has 1 N–H and O–H groups in total. The highest BCUT2D eigenvalue weighted by molar-refractivity contribution is 7.15. The number of benzene rings is 2. The van der Waals surface area contributed by atoms with Crippen molar-refractivity contribution in [1.29, 1.82) is 0 Å². The summed E-state index contributed by atoms with van der Waals surface area (Å²) in [5.41, 5.74) is 1.47. The minimum Gasteiger partial charge on any atom is -0.462 e. The van der Waals surface area contributed by atoms with Crippen molar-refractivity contribution in [2.24, 2.45) is 0 Å². The summed E-state index contributed by atoms with van der Waals surface area (Å²) in [6, 6.07) is 20.3. The van der Waals surface area contributed by atoms with Gasteiger partial charge in [-0.25, -0.2) is 4.98 Å². The van der Waals surface area contributed by atoms with Crippen LogP contribution in [0.15, 0.2) is 77.4 Å². The van der Waals surface area contributed by atoms with Crippen LogP contribution in [0.3, 0.4) is 0 Å². The van der Waals surface area contributed by atoms with Crippen LogP contribution in [0.5, 0.6) is 11.5 Å². The lowest BCUT2D eigenvalue weighted by Crippen LogP contribution is -2.22. The number of carbonyl (C=O) groups is 1. The molecule has 0 fully saturated rings. The Bertz CT molecular complexity index is 1060. The first kappa shape index (κ1) is 18.0. The minimum atomic E-state index is -0.140. The number of hydrogen-bond acceptors (Lipinski definition) is 5. The molecule has 2 aromatic carbocycles. The number of amides is 1. The van der Waals surface area contributed by atoms with Crippen LogP contribution in [-0.4, -0.2) is 10.9 Å². The molecule has 4 aromatic rings. The van der Waals surface area contributed by atoms with Gasteiger partial charge in [-0.3, -0.25) is 4.79 Å². The van der Waals surface area contributed by atoms with Crippen LogP contribution < -0.4 is 10.1 Å². The van der Waals surface area contributed by atoms with Gasteiger partial charge in [0.15, 0.2) is 10.8 Å². The minimum absolute atomic E-state index is 0.140. The molecule has 2 aromatic heterocycles. The first-order valence-corrected chi connectivity index (χ1v) is 9.62. The van der Waals surface area contributed by atoms with Crippen LogP contribution in [-0.2, 0) is 6.54 Å². The predicted octanol–water partition coefficient (Wildman–Crippen LogP) is 5.43. The van der Waals surface area contributed by atoms with Crippen LogP contribution in [0.4, 0.5) is 0 Å². The Balaban J connectivity index is 1.37. The van der Waals surface area contributed by atoms with E-state index in [-0.39, 0.29) is 5.91 Å². The Hall–Kier alpha value is -3.38. The summed E-state index contributed by atoms with van der Waals surface area (Å²) in [5, 5.41) is 3.76. The van der Waals surface area contributed by atoms with Gasteiger partial charge >= 0.3 is 0 Å². The molecule has 0 saturated heterocycles. The van der Waals surface area contributed by atoms with Gasteiger partial charge in [0, 0.05) is 10.4 Å². The number of nitrogens with zero attached hydrogens (tertiary/aromatic N) is 1. The van der Waals surface area contributed by atoms with Gasteiger partial charge in [-0.2, -0.15) is 0 Å². The third kappa shape index (κ3) is 4.13. The van der Waals surface area contributed by atoms with Crippen LogP contribution in [0.1, 0.15) is 20.9 Å². The SMILES string of the molecule is Cc1nc(-c2ccco2)sc1CNC(=O)c1ccc(Oc2ccccc2)cc1. The molecular formula is C22H18N2O3S. The Labute approximate surface area is 166 Å². The summed E-state index contributed by atoms with van der Waals surface area (Å²) in [6.07, 6.45) is 1.62. The van der Waals surface area contributed by atoms with Crippen molar-refractivity contribution < 1.29 is 13.9 Å². The highest BCUT2D eigenvalue weighted by Gasteiger charge is 2.13. The second-order valence-electron chi connectivity index (χ2n) is 6.13. The zero-order chi connectivity index (χ0) is 19.3. The van der Waals surface area contributed by atoms with Gasteiger partial charge in [-0.05, 0) is 55.5 Å². The van der Waals surface area contributed by atoms with E-state index in [4.69, 9.17) is 9.15 Å². The summed E-state index contributed by atoms with van der Waals surface area (Å²) in [5.74, 6) is 2.04. The maximum Gasteiger partial charge on any atom is 0.251 e. The van der Waals surface area contributed by atoms with E-state index in [1.165, 1.54) is 11.3 Å². The first-order valence-electron chi connectivity index (χ1n) is 8.80. The van der Waals surface area contributed by atoms with Gasteiger partial charge in [0.2, 0.25) is 0 Å². The molecule has 6 heteroatoms. The fourth-order valence-corrected chi connectivity index (χ4v) is 3.63. The van der Waals surface area contributed by atoms with Crippen molar-refractivity contribution in [3.63, 3.8) is 0 Å². The van der Waals surface area contributed by atoms with Crippen molar-refractivity contribution in [2.75, 3.05) is 0 Å². The van der Waals surface area contributed by atoms with E-state index >= 15 is 0 Å². The van der Waals surface area contributed by atoms with Gasteiger partial charge in [-0.1, -0.05) is 18.2 Å². The van der Waals surface area contributed by atoms with E-state index in [0.717, 1.165) is 27.1 Å². The quantitative estimate of drug-likeness (QED) is 0.476. The van der Waals surface area contributed by atoms with Crippen molar-refractivity contribution >= 4 is 17.2 Å². The molecule has 0 aliphatic rings. The fraction of sp³-hybridized carbons (Fsp3) is 0.0909. The molecule has 2 heterocycles. The Morgan fingerprint density at radius 2 is 1.79 bits per heavy atom. The lowest BCUT2D eigenvalue weighted by atomic mass is 10.2. The van der Waals surface area contributed by atoms with E-state index in [0.29, 0.717) is 17.9 Å². The van der Waals surface area contributed by atoms with Gasteiger partial charge in [0.05, 0.1) is 18.5 Å². The molecular weight excluding hydrogens is 372 g/mol. The van der Waals surface area contributed by atoms with Crippen molar-refractivity contribution in [1.82, 2.24) is 10.3 Å². The number of nitrogens with one attached hydrogen (secondary N) is 1. The van der Waals surface area contributed by atoms with Crippen LogP contribution in [0.2, 0.25) is 0 Å². The number of furan rings is 1. The summed E-state index contributed by atoms with van der Waals surface area (Å²) in [4.78, 5) is 18.0. The lowest BCUT2D eigenvalue weighted by molar-refractivity contribution is 0.0951. The number of thiazole rings is 1. The summed E-state index contributed by atoms with van der Waals surface area (Å²) < 4.78 is 11.1. The normalized spacial score (nSPS) is 10.6. The molecule has 0 aliphatic heterocycles. The van der Waals surface area contributed by atoms with Gasteiger partial charge in [0.1, 0.15) is 11.5 Å². The second kappa shape index (κ2) is 8.10. The van der Waals surface area contributed by atoms with E-state index in [1.54, 1.807) is 30.5 Å². The highest BCUT2D eigenvalue weighted by Crippen LogP contribution is 2.28. The van der Waals surface area contributed by atoms with Crippen LogP contribution >= 0.6 is 11.3 Å². The molecule has 140 valence electrons. The van der Waals surface area contributed by atoms with Crippen molar-refractivity contribution in [2.45, 2.75) is 13.5 Å². The molecule has 0 radical (unpaired) electrons. The number of hydrogen-bond donors (Lipinski definition) is 1. The van der Waals surface area contributed by atoms with Crippen LogP contribution in [0.25, 0.3) is 10.8 Å². The Kier molecular flexibility index (Phi) is 5.21. The smallest absolute Gasteiger partial charge is 0.251 e. The Morgan fingerprint density at radius 1 is 1.04 bits per heavy atom. The third-order valence-corrected chi connectivity index (χ3v) is 5.30. The molecule has 5 nitrogen and oxygen atoms in total. The maximum atomic E-state index is 12.4. The van der Waals surface area contributed by atoms with E-state index in [9.17, 15) is 4.79 Å². The van der Waals surface area contributed by atoms with Crippen LogP contribution in [0, 0.1) is 6.92 Å².